The van der Waals surface area contributed by atoms with E-state index in [0.717, 1.165) is 23.7 Å². The van der Waals surface area contributed by atoms with Crippen LogP contribution in [0.3, 0.4) is 0 Å². The summed E-state index contributed by atoms with van der Waals surface area (Å²) in [6, 6.07) is 5.06. The Labute approximate surface area is 115 Å². The molecule has 2 unspecified atom stereocenters. The molecule has 2 saturated heterocycles. The van der Waals surface area contributed by atoms with Crippen LogP contribution in [0.1, 0.15) is 24.8 Å². The molecule has 1 aliphatic carbocycles. The summed E-state index contributed by atoms with van der Waals surface area (Å²) in [4.78, 5) is 9.66. The summed E-state index contributed by atoms with van der Waals surface area (Å²) < 4.78 is 0. The number of aryl methyl sites for hydroxylation is 1. The van der Waals surface area contributed by atoms with Crippen molar-refractivity contribution < 1.29 is 0 Å². The molecule has 4 rings (SSSR count). The summed E-state index contributed by atoms with van der Waals surface area (Å²) in [6.07, 6.45) is 6.37. The van der Waals surface area contributed by atoms with Gasteiger partial charge in [0, 0.05) is 38.4 Å². The third kappa shape index (κ3) is 2.04. The molecule has 0 radical (unpaired) electrons. The number of pyridine rings is 1. The average molecular weight is 257 g/mol. The first-order valence-electron chi connectivity index (χ1n) is 7.71. The number of fused-ring (bicyclic) bond motifs is 1. The maximum Gasteiger partial charge on any atom is 0.128 e. The lowest BCUT2D eigenvalue weighted by molar-refractivity contribution is 0.190. The topological polar surface area (TPSA) is 19.4 Å². The smallest absolute Gasteiger partial charge is 0.128 e. The Morgan fingerprint density at radius 3 is 2.53 bits per heavy atom. The Morgan fingerprint density at radius 2 is 1.84 bits per heavy atom. The Kier molecular flexibility index (Phi) is 2.76. The molecule has 1 saturated carbocycles. The van der Waals surface area contributed by atoms with Crippen LogP contribution in [0.15, 0.2) is 18.3 Å². The van der Waals surface area contributed by atoms with Gasteiger partial charge in [-0.3, -0.25) is 4.90 Å². The molecule has 1 aromatic rings. The molecule has 3 heterocycles. The predicted molar refractivity (Wildman–Crippen MR) is 77.4 cm³/mol. The number of hydrogen-bond donors (Lipinski definition) is 0. The molecule has 2 atom stereocenters. The van der Waals surface area contributed by atoms with E-state index < -0.39 is 0 Å². The molecule has 19 heavy (non-hydrogen) atoms. The van der Waals surface area contributed by atoms with Crippen LogP contribution in [-0.2, 0) is 0 Å². The van der Waals surface area contributed by atoms with Gasteiger partial charge < -0.3 is 4.90 Å². The molecule has 3 heteroatoms. The molecule has 0 bridgehead atoms. The Bertz CT molecular complexity index is 455. The standard InChI is InChI=1S/C16H23N3/c1-12-5-6-17-16(7-12)19-10-15(11-19)18-8-13-3-2-4-14(13)9-18/h5-7,13-15H,2-4,8-11H2,1H3. The number of rotatable bonds is 2. The lowest BCUT2D eigenvalue weighted by atomic mass is 10.0. The van der Waals surface area contributed by atoms with Gasteiger partial charge in [-0.2, -0.15) is 0 Å². The first-order valence-corrected chi connectivity index (χ1v) is 7.71. The van der Waals surface area contributed by atoms with Crippen molar-refractivity contribution in [2.75, 3.05) is 31.1 Å². The highest BCUT2D eigenvalue weighted by Gasteiger charge is 2.42. The molecule has 3 fully saturated rings. The molecule has 1 aromatic heterocycles. The summed E-state index contributed by atoms with van der Waals surface area (Å²) in [5.74, 6) is 3.20. The Hall–Kier alpha value is -1.09. The van der Waals surface area contributed by atoms with Crippen molar-refractivity contribution in [1.29, 1.82) is 0 Å². The molecule has 0 spiro atoms. The largest absolute Gasteiger partial charge is 0.353 e. The van der Waals surface area contributed by atoms with Crippen LogP contribution >= 0.6 is 0 Å². The minimum Gasteiger partial charge on any atom is -0.353 e. The summed E-state index contributed by atoms with van der Waals surface area (Å²) in [6.45, 7) is 7.23. The van der Waals surface area contributed by atoms with Crippen LogP contribution < -0.4 is 4.90 Å². The number of likely N-dealkylation sites (tertiary alicyclic amines) is 1. The van der Waals surface area contributed by atoms with Gasteiger partial charge in [-0.05, 0) is 49.3 Å². The van der Waals surface area contributed by atoms with Gasteiger partial charge in [0.25, 0.3) is 0 Å². The van der Waals surface area contributed by atoms with Gasteiger partial charge in [0.05, 0.1) is 0 Å². The van der Waals surface area contributed by atoms with Gasteiger partial charge in [-0.1, -0.05) is 6.42 Å². The quantitative estimate of drug-likeness (QED) is 0.810. The minimum atomic E-state index is 0.785. The van der Waals surface area contributed by atoms with Crippen LogP contribution in [0.25, 0.3) is 0 Å². The van der Waals surface area contributed by atoms with E-state index in [4.69, 9.17) is 0 Å². The molecule has 0 amide bonds. The van der Waals surface area contributed by atoms with Gasteiger partial charge in [0.2, 0.25) is 0 Å². The highest BCUT2D eigenvalue weighted by Crippen LogP contribution is 2.39. The zero-order valence-electron chi connectivity index (χ0n) is 11.8. The fraction of sp³-hybridized carbons (Fsp3) is 0.688. The van der Waals surface area contributed by atoms with Crippen LogP contribution in [0, 0.1) is 18.8 Å². The highest BCUT2D eigenvalue weighted by atomic mass is 15.3. The van der Waals surface area contributed by atoms with Gasteiger partial charge in [-0.25, -0.2) is 4.98 Å². The summed E-state index contributed by atoms with van der Waals surface area (Å²) >= 11 is 0. The van der Waals surface area contributed by atoms with Crippen molar-refractivity contribution in [2.45, 2.75) is 32.2 Å². The summed E-state index contributed by atoms with van der Waals surface area (Å²) in [7, 11) is 0. The van der Waals surface area contributed by atoms with E-state index in [2.05, 4.69) is 33.8 Å². The van der Waals surface area contributed by atoms with Crippen molar-refractivity contribution >= 4 is 5.82 Å². The predicted octanol–water partition coefficient (Wildman–Crippen LogP) is 2.31. The first-order chi connectivity index (χ1) is 9.29. The Morgan fingerprint density at radius 1 is 1.11 bits per heavy atom. The first kappa shape index (κ1) is 11.7. The lowest BCUT2D eigenvalue weighted by Crippen LogP contribution is -2.59. The van der Waals surface area contributed by atoms with Crippen LogP contribution in [0.4, 0.5) is 5.82 Å². The third-order valence-corrected chi connectivity index (χ3v) is 5.36. The normalized spacial score (nSPS) is 31.5. The highest BCUT2D eigenvalue weighted by molar-refractivity contribution is 5.44. The van der Waals surface area contributed by atoms with Gasteiger partial charge in [-0.15, -0.1) is 0 Å². The van der Waals surface area contributed by atoms with Crippen molar-refractivity contribution in [1.82, 2.24) is 9.88 Å². The van der Waals surface area contributed by atoms with E-state index in [1.807, 2.05) is 6.20 Å². The second-order valence-corrected chi connectivity index (χ2v) is 6.66. The number of aromatic nitrogens is 1. The van der Waals surface area contributed by atoms with Crippen molar-refractivity contribution in [3.63, 3.8) is 0 Å². The average Bonchev–Trinajstić information content (AvgIpc) is 2.87. The van der Waals surface area contributed by atoms with Crippen molar-refractivity contribution in [2.24, 2.45) is 11.8 Å². The van der Waals surface area contributed by atoms with E-state index in [0.29, 0.717) is 0 Å². The fourth-order valence-corrected chi connectivity index (χ4v) is 4.14. The molecule has 0 N–H and O–H groups in total. The summed E-state index contributed by atoms with van der Waals surface area (Å²) in [5.41, 5.74) is 1.31. The van der Waals surface area contributed by atoms with Gasteiger partial charge in [0.15, 0.2) is 0 Å². The lowest BCUT2D eigenvalue weighted by Gasteiger charge is -2.45. The molecule has 0 aromatic carbocycles. The number of anilines is 1. The van der Waals surface area contributed by atoms with E-state index in [9.17, 15) is 0 Å². The van der Waals surface area contributed by atoms with E-state index in [1.165, 1.54) is 51.0 Å². The molecular weight excluding hydrogens is 234 g/mol. The monoisotopic (exact) mass is 257 g/mol. The van der Waals surface area contributed by atoms with Gasteiger partial charge >= 0.3 is 0 Å². The maximum absolute atomic E-state index is 4.49. The van der Waals surface area contributed by atoms with Crippen molar-refractivity contribution in [3.8, 4) is 0 Å². The van der Waals surface area contributed by atoms with Crippen LogP contribution in [0.2, 0.25) is 0 Å². The van der Waals surface area contributed by atoms with E-state index >= 15 is 0 Å². The van der Waals surface area contributed by atoms with Crippen molar-refractivity contribution in [3.05, 3.63) is 23.9 Å². The molecule has 3 aliphatic rings. The zero-order valence-corrected chi connectivity index (χ0v) is 11.8. The maximum atomic E-state index is 4.49. The van der Waals surface area contributed by atoms with Crippen LogP contribution in [-0.4, -0.2) is 42.1 Å². The molecule has 2 aliphatic heterocycles. The molecule has 102 valence electrons. The van der Waals surface area contributed by atoms with E-state index in [-0.39, 0.29) is 0 Å². The summed E-state index contributed by atoms with van der Waals surface area (Å²) in [5, 5.41) is 0. The number of hydrogen-bond acceptors (Lipinski definition) is 3. The zero-order chi connectivity index (χ0) is 12.8. The van der Waals surface area contributed by atoms with Crippen LogP contribution in [0.5, 0.6) is 0 Å². The second kappa shape index (κ2) is 4.48. The molecule has 3 nitrogen and oxygen atoms in total. The van der Waals surface area contributed by atoms with Gasteiger partial charge in [0.1, 0.15) is 5.82 Å². The third-order valence-electron chi connectivity index (χ3n) is 5.36. The minimum absolute atomic E-state index is 0.785. The molecular formula is C16H23N3. The second-order valence-electron chi connectivity index (χ2n) is 6.66. The fourth-order valence-electron chi connectivity index (χ4n) is 4.14. The Balaban J connectivity index is 1.36. The number of nitrogens with zero attached hydrogens (tertiary/aromatic N) is 3. The SMILES string of the molecule is Cc1ccnc(N2CC(N3CC4CCCC4C3)C2)c1. The van der Waals surface area contributed by atoms with E-state index in [1.54, 1.807) is 0 Å².